The normalized spacial score (nSPS) is 10.6. The van der Waals surface area contributed by atoms with Crippen LogP contribution in [-0.2, 0) is 0 Å². The molecular weight excluding hydrogens is 264 g/mol. The van der Waals surface area contributed by atoms with E-state index in [2.05, 4.69) is 10.3 Å². The molecule has 6 heteroatoms. The number of hydrogen-bond acceptors (Lipinski definition) is 5. The molecule has 19 heavy (non-hydrogen) atoms. The minimum atomic E-state index is -0.309. The van der Waals surface area contributed by atoms with Crippen LogP contribution in [0.4, 0.5) is 5.13 Å². The second kappa shape index (κ2) is 4.74. The number of fused-ring (bicyclic) bond motifs is 1. The Hall–Kier alpha value is -2.34. The molecule has 0 aliphatic heterocycles. The molecule has 0 bridgehead atoms. The fraction of sp³-hybridized carbons (Fsp3) is 0.0769. The van der Waals surface area contributed by atoms with Crippen molar-refractivity contribution in [2.24, 2.45) is 0 Å². The summed E-state index contributed by atoms with van der Waals surface area (Å²) >= 11 is 1.39. The van der Waals surface area contributed by atoms with Gasteiger partial charge < -0.3 is 9.15 Å². The van der Waals surface area contributed by atoms with Crippen LogP contribution in [0.1, 0.15) is 10.6 Å². The number of methoxy groups -OCH3 is 1. The Morgan fingerprint density at radius 2 is 2.32 bits per heavy atom. The van der Waals surface area contributed by atoms with Gasteiger partial charge in [-0.15, -0.1) is 0 Å². The number of rotatable bonds is 3. The molecule has 0 spiro atoms. The maximum absolute atomic E-state index is 11.8. The average Bonchev–Trinajstić information content (AvgIpc) is 3.06. The van der Waals surface area contributed by atoms with E-state index in [1.165, 1.54) is 17.6 Å². The molecule has 0 radical (unpaired) electrons. The number of nitrogens with one attached hydrogen (secondary N) is 1. The lowest BCUT2D eigenvalue weighted by atomic mass is 10.3. The summed E-state index contributed by atoms with van der Waals surface area (Å²) in [5.41, 5.74) is 0.820. The Morgan fingerprint density at radius 1 is 1.42 bits per heavy atom. The van der Waals surface area contributed by atoms with E-state index in [-0.39, 0.29) is 11.7 Å². The van der Waals surface area contributed by atoms with E-state index in [1.807, 2.05) is 18.2 Å². The first-order valence-corrected chi connectivity index (χ1v) is 6.37. The van der Waals surface area contributed by atoms with Crippen molar-refractivity contribution in [1.82, 2.24) is 4.98 Å². The third kappa shape index (κ3) is 2.30. The third-order valence-corrected chi connectivity index (χ3v) is 3.49. The van der Waals surface area contributed by atoms with Crippen LogP contribution in [-0.4, -0.2) is 18.0 Å². The maximum atomic E-state index is 11.8. The van der Waals surface area contributed by atoms with Crippen LogP contribution in [0.25, 0.3) is 10.2 Å². The minimum absolute atomic E-state index is 0.261. The number of furan rings is 1. The van der Waals surface area contributed by atoms with Crippen molar-refractivity contribution in [3.05, 3.63) is 42.4 Å². The van der Waals surface area contributed by atoms with E-state index in [0.717, 1.165) is 16.0 Å². The zero-order chi connectivity index (χ0) is 13.2. The number of aromatic nitrogens is 1. The summed E-state index contributed by atoms with van der Waals surface area (Å²) in [7, 11) is 1.61. The number of carbonyl (C=O) groups is 1. The molecule has 1 amide bonds. The summed E-state index contributed by atoms with van der Waals surface area (Å²) in [5.74, 6) is 0.716. The fourth-order valence-electron chi connectivity index (χ4n) is 1.65. The van der Waals surface area contributed by atoms with Gasteiger partial charge in [0.05, 0.1) is 23.6 Å². The number of ether oxygens (including phenoxy) is 1. The van der Waals surface area contributed by atoms with Gasteiger partial charge in [-0.05, 0) is 30.3 Å². The Bertz CT molecular complexity index is 719. The maximum Gasteiger partial charge on any atom is 0.293 e. The van der Waals surface area contributed by atoms with Gasteiger partial charge in [-0.1, -0.05) is 11.3 Å². The van der Waals surface area contributed by atoms with Gasteiger partial charge in [-0.25, -0.2) is 4.98 Å². The van der Waals surface area contributed by atoms with Crippen molar-refractivity contribution in [2.75, 3.05) is 12.4 Å². The number of thiazole rings is 1. The number of benzene rings is 1. The van der Waals surface area contributed by atoms with Gasteiger partial charge in [0, 0.05) is 0 Å². The van der Waals surface area contributed by atoms with E-state index < -0.39 is 0 Å². The SMILES string of the molecule is COc1ccc2nc(NC(=O)c3ccco3)sc2c1. The first kappa shape index (κ1) is 11.7. The van der Waals surface area contributed by atoms with Gasteiger partial charge in [0.2, 0.25) is 0 Å². The molecule has 2 heterocycles. The number of hydrogen-bond donors (Lipinski definition) is 1. The summed E-state index contributed by atoms with van der Waals surface area (Å²) in [6.07, 6.45) is 1.46. The molecule has 0 atom stereocenters. The Labute approximate surface area is 112 Å². The lowest BCUT2D eigenvalue weighted by molar-refractivity contribution is 0.0996. The second-order valence-corrected chi connectivity index (χ2v) is 4.81. The monoisotopic (exact) mass is 274 g/mol. The first-order chi connectivity index (χ1) is 9.26. The topological polar surface area (TPSA) is 64.4 Å². The highest BCUT2D eigenvalue weighted by Crippen LogP contribution is 2.29. The molecule has 1 aromatic carbocycles. The molecule has 0 unspecified atom stereocenters. The van der Waals surface area contributed by atoms with E-state index in [1.54, 1.807) is 19.2 Å². The lowest BCUT2D eigenvalue weighted by Gasteiger charge is -1.96. The van der Waals surface area contributed by atoms with Gasteiger partial charge in [-0.3, -0.25) is 10.1 Å². The summed E-state index contributed by atoms with van der Waals surface area (Å²) in [5, 5.41) is 3.24. The van der Waals surface area contributed by atoms with Gasteiger partial charge in [-0.2, -0.15) is 0 Å². The average molecular weight is 274 g/mol. The van der Waals surface area contributed by atoms with Gasteiger partial charge in [0.1, 0.15) is 5.75 Å². The number of anilines is 1. The second-order valence-electron chi connectivity index (χ2n) is 3.78. The van der Waals surface area contributed by atoms with Crippen molar-refractivity contribution in [3.63, 3.8) is 0 Å². The molecule has 0 aliphatic rings. The van der Waals surface area contributed by atoms with Crippen molar-refractivity contribution in [3.8, 4) is 5.75 Å². The fourth-order valence-corrected chi connectivity index (χ4v) is 2.54. The molecule has 5 nitrogen and oxygen atoms in total. The number of carbonyl (C=O) groups excluding carboxylic acids is 1. The predicted octanol–water partition coefficient (Wildman–Crippen LogP) is 3.15. The van der Waals surface area contributed by atoms with E-state index in [4.69, 9.17) is 9.15 Å². The van der Waals surface area contributed by atoms with Crippen LogP contribution in [0.5, 0.6) is 5.75 Å². The van der Waals surface area contributed by atoms with Crippen LogP contribution in [0.15, 0.2) is 41.0 Å². The molecule has 1 N–H and O–H groups in total. The molecular formula is C13H10N2O3S. The van der Waals surface area contributed by atoms with E-state index in [0.29, 0.717) is 5.13 Å². The van der Waals surface area contributed by atoms with Gasteiger partial charge in [0.15, 0.2) is 10.9 Å². The summed E-state index contributed by atoms with van der Waals surface area (Å²) in [6, 6.07) is 8.84. The highest BCUT2D eigenvalue weighted by Gasteiger charge is 2.12. The minimum Gasteiger partial charge on any atom is -0.497 e. The van der Waals surface area contributed by atoms with Crippen LogP contribution in [0.3, 0.4) is 0 Å². The van der Waals surface area contributed by atoms with Crippen LogP contribution >= 0.6 is 11.3 Å². The van der Waals surface area contributed by atoms with Gasteiger partial charge >= 0.3 is 0 Å². The molecule has 3 aromatic rings. The van der Waals surface area contributed by atoms with E-state index in [9.17, 15) is 4.79 Å². The van der Waals surface area contributed by atoms with Crippen LogP contribution in [0, 0.1) is 0 Å². The summed E-state index contributed by atoms with van der Waals surface area (Å²) in [4.78, 5) is 16.1. The molecule has 0 aliphatic carbocycles. The summed E-state index contributed by atoms with van der Waals surface area (Å²) < 4.78 is 11.1. The van der Waals surface area contributed by atoms with Crippen molar-refractivity contribution < 1.29 is 13.9 Å². The number of nitrogens with zero attached hydrogens (tertiary/aromatic N) is 1. The van der Waals surface area contributed by atoms with Gasteiger partial charge in [0.25, 0.3) is 5.91 Å². The quantitative estimate of drug-likeness (QED) is 0.796. The third-order valence-electron chi connectivity index (χ3n) is 2.56. The Balaban J connectivity index is 1.87. The predicted molar refractivity (Wildman–Crippen MR) is 72.8 cm³/mol. The largest absolute Gasteiger partial charge is 0.497 e. The smallest absolute Gasteiger partial charge is 0.293 e. The van der Waals surface area contributed by atoms with Crippen LogP contribution in [0.2, 0.25) is 0 Å². The summed E-state index contributed by atoms with van der Waals surface area (Å²) in [6.45, 7) is 0. The number of amides is 1. The van der Waals surface area contributed by atoms with Crippen LogP contribution < -0.4 is 10.1 Å². The van der Waals surface area contributed by atoms with E-state index >= 15 is 0 Å². The van der Waals surface area contributed by atoms with Crippen molar-refractivity contribution in [1.29, 1.82) is 0 Å². The Morgan fingerprint density at radius 3 is 3.05 bits per heavy atom. The molecule has 3 rings (SSSR count). The molecule has 2 aromatic heterocycles. The lowest BCUT2D eigenvalue weighted by Crippen LogP contribution is -2.10. The zero-order valence-corrected chi connectivity index (χ0v) is 10.9. The van der Waals surface area contributed by atoms with Crippen molar-refractivity contribution >= 4 is 32.6 Å². The Kier molecular flexibility index (Phi) is 2.92. The highest BCUT2D eigenvalue weighted by atomic mass is 32.1. The zero-order valence-electron chi connectivity index (χ0n) is 10.0. The highest BCUT2D eigenvalue weighted by molar-refractivity contribution is 7.22. The molecule has 0 saturated heterocycles. The standard InChI is InChI=1S/C13H10N2O3S/c1-17-8-4-5-9-11(7-8)19-13(14-9)15-12(16)10-3-2-6-18-10/h2-7H,1H3,(H,14,15,16). The molecule has 96 valence electrons. The first-order valence-electron chi connectivity index (χ1n) is 5.56. The molecule has 0 saturated carbocycles. The molecule has 0 fully saturated rings. The van der Waals surface area contributed by atoms with Crippen molar-refractivity contribution in [2.45, 2.75) is 0 Å².